The third-order valence-electron chi connectivity index (χ3n) is 2.49. The topological polar surface area (TPSA) is 67.0 Å². The molecular formula is C9H13N3O2. The first kappa shape index (κ1) is 9.21. The van der Waals surface area contributed by atoms with Gasteiger partial charge < -0.3 is 10.1 Å². The molecule has 1 aromatic rings. The van der Waals surface area contributed by atoms with E-state index in [-0.39, 0.29) is 0 Å². The van der Waals surface area contributed by atoms with Crippen molar-refractivity contribution in [1.82, 2.24) is 15.5 Å². The largest absolute Gasteiger partial charge is 0.464 e. The third-order valence-corrected chi connectivity index (χ3v) is 2.49. The number of hydrogen-bond acceptors (Lipinski definition) is 4. The number of nitrogens with one attached hydrogen (secondary N) is 2. The zero-order valence-electron chi connectivity index (χ0n) is 8.04. The lowest BCUT2D eigenvalue weighted by atomic mass is 10.1. The van der Waals surface area contributed by atoms with Crippen molar-refractivity contribution in [3.8, 4) is 0 Å². The van der Waals surface area contributed by atoms with Gasteiger partial charge in [-0.3, -0.25) is 5.10 Å². The summed E-state index contributed by atoms with van der Waals surface area (Å²) in [6.07, 6.45) is 1.09. The van der Waals surface area contributed by atoms with E-state index in [1.165, 1.54) is 7.11 Å². The van der Waals surface area contributed by atoms with E-state index in [2.05, 4.69) is 20.3 Å². The fraction of sp³-hybridized carbons (Fsp3) is 0.556. The summed E-state index contributed by atoms with van der Waals surface area (Å²) in [5, 5.41) is 10.0. The van der Waals surface area contributed by atoms with Gasteiger partial charge in [-0.05, 0) is 19.0 Å². The zero-order valence-corrected chi connectivity index (χ0v) is 8.04. The molecule has 1 unspecified atom stereocenters. The Morgan fingerprint density at radius 2 is 2.57 bits per heavy atom. The SMILES string of the molecule is COC(=O)c1cc(C2CCNC2)[nH]n1. The Balaban J connectivity index is 2.12. The van der Waals surface area contributed by atoms with Crippen molar-refractivity contribution < 1.29 is 9.53 Å². The van der Waals surface area contributed by atoms with Gasteiger partial charge in [-0.15, -0.1) is 0 Å². The van der Waals surface area contributed by atoms with Crippen LogP contribution in [0.4, 0.5) is 0 Å². The van der Waals surface area contributed by atoms with Gasteiger partial charge in [-0.25, -0.2) is 4.79 Å². The summed E-state index contributed by atoms with van der Waals surface area (Å²) in [5.74, 6) is 0.0550. The standard InChI is InChI=1S/C9H13N3O2/c1-14-9(13)8-4-7(11-12-8)6-2-3-10-5-6/h4,6,10H,2-3,5H2,1H3,(H,11,12). The van der Waals surface area contributed by atoms with Gasteiger partial charge in [0.05, 0.1) is 7.11 Å². The highest BCUT2D eigenvalue weighted by atomic mass is 16.5. The Bertz CT molecular complexity index is 329. The molecule has 1 atom stereocenters. The first-order valence-corrected chi connectivity index (χ1v) is 4.65. The highest BCUT2D eigenvalue weighted by Gasteiger charge is 2.20. The van der Waals surface area contributed by atoms with Crippen molar-refractivity contribution >= 4 is 5.97 Å². The molecular weight excluding hydrogens is 182 g/mol. The van der Waals surface area contributed by atoms with Crippen LogP contribution < -0.4 is 5.32 Å². The molecule has 0 amide bonds. The molecule has 0 aliphatic carbocycles. The maximum Gasteiger partial charge on any atom is 0.358 e. The van der Waals surface area contributed by atoms with Crippen molar-refractivity contribution in [2.45, 2.75) is 12.3 Å². The molecule has 76 valence electrons. The first-order valence-electron chi connectivity index (χ1n) is 4.65. The number of carbonyl (C=O) groups is 1. The fourth-order valence-corrected chi connectivity index (χ4v) is 1.68. The monoisotopic (exact) mass is 195 g/mol. The molecule has 5 heteroatoms. The molecule has 2 N–H and O–H groups in total. The number of esters is 1. The molecule has 0 aromatic carbocycles. The Morgan fingerprint density at radius 3 is 3.21 bits per heavy atom. The smallest absolute Gasteiger partial charge is 0.358 e. The van der Waals surface area contributed by atoms with Crippen molar-refractivity contribution in [3.05, 3.63) is 17.5 Å². The molecule has 14 heavy (non-hydrogen) atoms. The predicted octanol–water partition coefficient (Wildman–Crippen LogP) is 0.273. The quantitative estimate of drug-likeness (QED) is 0.665. The van der Waals surface area contributed by atoms with E-state index in [1.54, 1.807) is 6.07 Å². The number of methoxy groups -OCH3 is 1. The van der Waals surface area contributed by atoms with Gasteiger partial charge in [0.1, 0.15) is 0 Å². The average molecular weight is 195 g/mol. The Labute approximate surface area is 81.8 Å². The maximum atomic E-state index is 11.1. The predicted molar refractivity (Wildman–Crippen MR) is 50.2 cm³/mol. The van der Waals surface area contributed by atoms with Crippen LogP contribution in [-0.4, -0.2) is 36.4 Å². The van der Waals surface area contributed by atoms with E-state index in [0.29, 0.717) is 11.6 Å². The maximum absolute atomic E-state index is 11.1. The lowest BCUT2D eigenvalue weighted by Gasteiger charge is -2.02. The van der Waals surface area contributed by atoms with E-state index in [0.717, 1.165) is 25.2 Å². The molecule has 0 spiro atoms. The average Bonchev–Trinajstić information content (AvgIpc) is 2.86. The number of carbonyl (C=O) groups excluding carboxylic acids is 1. The molecule has 2 heterocycles. The van der Waals surface area contributed by atoms with Crippen LogP contribution in [-0.2, 0) is 4.74 Å². The minimum Gasteiger partial charge on any atom is -0.464 e. The minimum absolute atomic E-state index is 0.356. The summed E-state index contributed by atoms with van der Waals surface area (Å²) in [4.78, 5) is 11.1. The van der Waals surface area contributed by atoms with Crippen molar-refractivity contribution in [1.29, 1.82) is 0 Å². The molecule has 0 saturated carbocycles. The van der Waals surface area contributed by atoms with Crippen molar-refractivity contribution in [2.75, 3.05) is 20.2 Å². The Kier molecular flexibility index (Phi) is 2.49. The number of rotatable bonds is 2. The van der Waals surface area contributed by atoms with Gasteiger partial charge in [0, 0.05) is 18.2 Å². The highest BCUT2D eigenvalue weighted by Crippen LogP contribution is 2.20. The van der Waals surface area contributed by atoms with Crippen molar-refractivity contribution in [3.63, 3.8) is 0 Å². The van der Waals surface area contributed by atoms with Gasteiger partial charge in [-0.2, -0.15) is 5.10 Å². The van der Waals surface area contributed by atoms with E-state index in [4.69, 9.17) is 0 Å². The second-order valence-corrected chi connectivity index (χ2v) is 3.39. The number of nitrogens with zero attached hydrogens (tertiary/aromatic N) is 1. The van der Waals surface area contributed by atoms with Crippen LogP contribution in [0.3, 0.4) is 0 Å². The minimum atomic E-state index is -0.390. The molecule has 5 nitrogen and oxygen atoms in total. The van der Waals surface area contributed by atoms with Crippen LogP contribution >= 0.6 is 0 Å². The van der Waals surface area contributed by atoms with E-state index in [9.17, 15) is 4.79 Å². The van der Waals surface area contributed by atoms with Gasteiger partial charge in [-0.1, -0.05) is 0 Å². The first-order chi connectivity index (χ1) is 6.81. The number of aromatic amines is 1. The summed E-state index contributed by atoms with van der Waals surface area (Å²) >= 11 is 0. The Hall–Kier alpha value is -1.36. The summed E-state index contributed by atoms with van der Waals surface area (Å²) in [7, 11) is 1.35. The van der Waals surface area contributed by atoms with Gasteiger partial charge in [0.15, 0.2) is 5.69 Å². The van der Waals surface area contributed by atoms with Crippen LogP contribution in [0.1, 0.15) is 28.5 Å². The summed E-state index contributed by atoms with van der Waals surface area (Å²) in [5.41, 5.74) is 1.37. The van der Waals surface area contributed by atoms with E-state index >= 15 is 0 Å². The normalized spacial score (nSPS) is 21.1. The molecule has 0 radical (unpaired) electrons. The fourth-order valence-electron chi connectivity index (χ4n) is 1.68. The van der Waals surface area contributed by atoms with Crippen LogP contribution in [0, 0.1) is 0 Å². The molecule has 1 fully saturated rings. The van der Waals surface area contributed by atoms with Crippen LogP contribution in [0.5, 0.6) is 0 Å². The van der Waals surface area contributed by atoms with E-state index in [1.807, 2.05) is 0 Å². The molecule has 1 saturated heterocycles. The molecule has 1 aliphatic heterocycles. The second kappa shape index (κ2) is 3.79. The molecule has 0 bridgehead atoms. The number of aromatic nitrogens is 2. The Morgan fingerprint density at radius 1 is 1.71 bits per heavy atom. The van der Waals surface area contributed by atoms with Crippen molar-refractivity contribution in [2.24, 2.45) is 0 Å². The zero-order chi connectivity index (χ0) is 9.97. The van der Waals surface area contributed by atoms with Gasteiger partial charge in [0.2, 0.25) is 0 Å². The number of hydrogen-bond donors (Lipinski definition) is 2. The van der Waals surface area contributed by atoms with Crippen LogP contribution in [0.15, 0.2) is 6.07 Å². The lowest BCUT2D eigenvalue weighted by molar-refractivity contribution is 0.0594. The molecule has 1 aliphatic rings. The van der Waals surface area contributed by atoms with Crippen LogP contribution in [0.25, 0.3) is 0 Å². The second-order valence-electron chi connectivity index (χ2n) is 3.39. The summed E-state index contributed by atoms with van der Waals surface area (Å²) < 4.78 is 4.58. The molecule has 1 aromatic heterocycles. The number of H-pyrrole nitrogens is 1. The third kappa shape index (κ3) is 1.63. The highest BCUT2D eigenvalue weighted by molar-refractivity contribution is 5.87. The summed E-state index contributed by atoms with van der Waals surface area (Å²) in [6, 6.07) is 1.77. The van der Waals surface area contributed by atoms with Crippen LogP contribution in [0.2, 0.25) is 0 Å². The molecule has 2 rings (SSSR count). The number of ether oxygens (including phenoxy) is 1. The van der Waals surface area contributed by atoms with Gasteiger partial charge in [0.25, 0.3) is 0 Å². The van der Waals surface area contributed by atoms with E-state index < -0.39 is 5.97 Å². The lowest BCUT2D eigenvalue weighted by Crippen LogP contribution is -2.08. The van der Waals surface area contributed by atoms with Gasteiger partial charge >= 0.3 is 5.97 Å². The summed E-state index contributed by atoms with van der Waals surface area (Å²) in [6.45, 7) is 1.97.